The van der Waals surface area contributed by atoms with Crippen LogP contribution in [0.2, 0.25) is 0 Å². The Bertz CT molecular complexity index is 195. The minimum Gasteiger partial charge on any atom is -0.850 e. The first-order valence-electron chi connectivity index (χ1n) is 4.06. The Balaban J connectivity index is -0.0000000664. The fourth-order valence-electron chi connectivity index (χ4n) is 0.342. The zero-order valence-corrected chi connectivity index (χ0v) is 13.8. The summed E-state index contributed by atoms with van der Waals surface area (Å²) < 4.78 is 0. The van der Waals surface area contributed by atoms with Crippen LogP contribution >= 0.6 is 5.69 Å². The van der Waals surface area contributed by atoms with Crippen LogP contribution in [0, 0.1) is 19.9 Å². The third-order valence-corrected chi connectivity index (χ3v) is 0.607. The van der Waals surface area contributed by atoms with Crippen molar-refractivity contribution in [3.05, 3.63) is 50.2 Å². The van der Waals surface area contributed by atoms with Crippen molar-refractivity contribution >= 4 is 29.7 Å². The molecule has 0 heterocycles. The monoisotopic (exact) mass is 360 g/mol. The van der Waals surface area contributed by atoms with Gasteiger partial charge in [-0.25, -0.2) is 0 Å². The van der Waals surface area contributed by atoms with Crippen LogP contribution in [0.5, 0.6) is 0 Å². The average molecular weight is 358 g/mol. The van der Waals surface area contributed by atoms with E-state index in [1.165, 1.54) is 0 Å². The summed E-state index contributed by atoms with van der Waals surface area (Å²) in [6.07, 6.45) is 0. The van der Waals surface area contributed by atoms with Gasteiger partial charge in [-0.2, -0.15) is 62.1 Å². The van der Waals surface area contributed by atoms with Crippen LogP contribution < -0.4 is 9.79 Å². The summed E-state index contributed by atoms with van der Waals surface area (Å²) in [7, 11) is 0. The van der Waals surface area contributed by atoms with Gasteiger partial charge < -0.3 is 41.6 Å². The maximum atomic E-state index is 9.29. The Hall–Kier alpha value is 0.828. The normalized spacial score (nSPS) is 7.44. The van der Waals surface area contributed by atoms with E-state index >= 15 is 0 Å². The summed E-state index contributed by atoms with van der Waals surface area (Å²) in [5.74, 6) is 0. The molecule has 16 heavy (non-hydrogen) atoms. The van der Waals surface area contributed by atoms with Crippen molar-refractivity contribution in [3.63, 3.8) is 0 Å². The largest absolute Gasteiger partial charge is 3.00 e. The number of rotatable bonds is 0. The second-order valence-electron chi connectivity index (χ2n) is 1.52. The van der Waals surface area contributed by atoms with Gasteiger partial charge in [-0.1, -0.05) is 0 Å². The standard InChI is InChI=1S/C6H5.2C2H5.Mo.H3O2PS2/c1-2-4-6-5-3-1;2*1-2;;1-3(2,4)5/h1-5H;2*1H2,2H3;;(H3,1,2,4,5)/q3*-1;+3;/p-3. The molecule has 1 aromatic rings. The van der Waals surface area contributed by atoms with Gasteiger partial charge >= 0.3 is 21.1 Å². The Morgan fingerprint density at radius 1 is 1.06 bits per heavy atom. The quantitative estimate of drug-likeness (QED) is 0.306. The third-order valence-electron chi connectivity index (χ3n) is 0.607. The van der Waals surface area contributed by atoms with Crippen molar-refractivity contribution < 1.29 is 30.9 Å². The molecule has 1 aromatic carbocycles. The summed E-state index contributed by atoms with van der Waals surface area (Å²) in [5.41, 5.74) is -3.72. The van der Waals surface area contributed by atoms with E-state index in [1.807, 2.05) is 30.3 Å². The molecule has 0 aromatic heterocycles. The molecule has 0 aliphatic heterocycles. The van der Waals surface area contributed by atoms with Crippen LogP contribution in [0.4, 0.5) is 0 Å². The molecule has 0 aliphatic rings. The molecule has 0 N–H and O–H groups in total. The maximum Gasteiger partial charge on any atom is 3.00 e. The van der Waals surface area contributed by atoms with Gasteiger partial charge in [0.25, 0.3) is 0 Å². The minimum atomic E-state index is -3.72. The maximum absolute atomic E-state index is 9.29. The van der Waals surface area contributed by atoms with E-state index in [0.29, 0.717) is 0 Å². The van der Waals surface area contributed by atoms with Crippen molar-refractivity contribution in [1.82, 2.24) is 0 Å². The molecular weight excluding hydrogens is 343 g/mol. The van der Waals surface area contributed by atoms with Gasteiger partial charge in [0.15, 0.2) is 0 Å². The molecule has 0 atom stereocenters. The van der Waals surface area contributed by atoms with Gasteiger partial charge in [-0.05, 0) is 0 Å². The summed E-state index contributed by atoms with van der Waals surface area (Å²) in [6, 6.07) is 12.5. The molecule has 0 spiro atoms. The molecule has 0 bridgehead atoms. The first-order chi connectivity index (χ1) is 7.00. The SMILES string of the molecule is [CH2-]C.[CH2-]C.[Mo+3].[O-]P([O-])(=S)[S-].[c-]1ccccc1. The molecule has 1 radical (unpaired) electrons. The molecule has 2 nitrogen and oxygen atoms in total. The fraction of sp³-hybridized carbons (Fsp3) is 0.200. The van der Waals surface area contributed by atoms with E-state index in [4.69, 9.17) is 0 Å². The Kier molecular flexibility index (Phi) is 33.9. The average Bonchev–Trinajstić information content (AvgIpc) is 2.24. The van der Waals surface area contributed by atoms with E-state index < -0.39 is 5.69 Å². The van der Waals surface area contributed by atoms with Crippen molar-refractivity contribution in [2.24, 2.45) is 0 Å². The first kappa shape index (κ1) is 25.6. The summed E-state index contributed by atoms with van der Waals surface area (Å²) in [4.78, 5) is 18.6. The van der Waals surface area contributed by atoms with Crippen molar-refractivity contribution in [3.8, 4) is 0 Å². The number of hydrogen-bond donors (Lipinski definition) is 0. The van der Waals surface area contributed by atoms with Crippen LogP contribution in [0.15, 0.2) is 30.3 Å². The molecule has 6 heteroatoms. The Labute approximate surface area is 124 Å². The molecule has 0 saturated carbocycles. The number of hydrogen-bond acceptors (Lipinski definition) is 4. The van der Waals surface area contributed by atoms with Gasteiger partial charge in [-0.3, -0.25) is 0 Å². The summed E-state index contributed by atoms with van der Waals surface area (Å²) >= 11 is 7.28. The van der Waals surface area contributed by atoms with Gasteiger partial charge in [0.2, 0.25) is 0 Å². The smallest absolute Gasteiger partial charge is 0.850 e. The Morgan fingerprint density at radius 3 is 1.38 bits per heavy atom. The van der Waals surface area contributed by atoms with E-state index in [-0.39, 0.29) is 21.1 Å². The zero-order chi connectivity index (χ0) is 12.7. The van der Waals surface area contributed by atoms with Crippen LogP contribution in [0.25, 0.3) is 0 Å². The Morgan fingerprint density at radius 2 is 1.31 bits per heavy atom. The predicted molar refractivity (Wildman–Crippen MR) is 69.0 cm³/mol. The van der Waals surface area contributed by atoms with Crippen molar-refractivity contribution in [2.45, 2.75) is 13.8 Å². The molecule has 93 valence electrons. The van der Waals surface area contributed by atoms with Crippen LogP contribution in [-0.2, 0) is 45.1 Å². The van der Waals surface area contributed by atoms with Gasteiger partial charge in [0, 0.05) is 0 Å². The van der Waals surface area contributed by atoms with Gasteiger partial charge in [0.1, 0.15) is 0 Å². The second-order valence-corrected chi connectivity index (χ2v) is 6.00. The van der Waals surface area contributed by atoms with Crippen LogP contribution in [0.3, 0.4) is 0 Å². The van der Waals surface area contributed by atoms with E-state index in [9.17, 15) is 9.79 Å². The molecule has 1 rings (SSSR count). The molecule has 0 aliphatic carbocycles. The van der Waals surface area contributed by atoms with E-state index in [0.717, 1.165) is 0 Å². The predicted octanol–water partition coefficient (Wildman–Crippen LogP) is 1.64. The third kappa shape index (κ3) is 60.8. The second kappa shape index (κ2) is 21.1. The van der Waals surface area contributed by atoms with Crippen LogP contribution in [-0.4, -0.2) is 0 Å². The van der Waals surface area contributed by atoms with Crippen molar-refractivity contribution in [2.75, 3.05) is 0 Å². The molecule has 0 amide bonds. The molecule has 0 saturated heterocycles. The summed E-state index contributed by atoms with van der Waals surface area (Å²) in [5, 5.41) is 0. The van der Waals surface area contributed by atoms with E-state index in [1.54, 1.807) is 13.8 Å². The molecule has 0 fully saturated rings. The fourth-order valence-corrected chi connectivity index (χ4v) is 0.342. The summed E-state index contributed by atoms with van der Waals surface area (Å²) in [6.45, 7) is 10.0. The van der Waals surface area contributed by atoms with Crippen molar-refractivity contribution in [1.29, 1.82) is 0 Å². The zero-order valence-electron chi connectivity index (χ0n) is 9.29. The van der Waals surface area contributed by atoms with E-state index in [2.05, 4.69) is 44.0 Å². The van der Waals surface area contributed by atoms with Gasteiger partial charge in [-0.15, -0.1) is 0 Å². The van der Waals surface area contributed by atoms with Gasteiger partial charge in [0.05, 0.1) is 0 Å². The van der Waals surface area contributed by atoms with Crippen LogP contribution in [0.1, 0.15) is 13.8 Å². The minimum absolute atomic E-state index is 0. The molecular formula is C10H15MoO2PS2-3. The first-order valence-corrected chi connectivity index (χ1v) is 7.71. The number of benzene rings is 1. The molecule has 0 unspecified atom stereocenters. The topological polar surface area (TPSA) is 46.1 Å².